The maximum atomic E-state index is 12.3. The van der Waals surface area contributed by atoms with Crippen molar-refractivity contribution in [2.75, 3.05) is 18.5 Å². The van der Waals surface area contributed by atoms with Gasteiger partial charge in [-0.1, -0.05) is 11.6 Å². The molecule has 10 heteroatoms. The van der Waals surface area contributed by atoms with Crippen LogP contribution in [-0.2, 0) is 9.53 Å². The Morgan fingerprint density at radius 1 is 1.18 bits per heavy atom. The summed E-state index contributed by atoms with van der Waals surface area (Å²) in [4.78, 5) is 34.6. The second-order valence-electron chi connectivity index (χ2n) is 5.82. The number of hydrogen-bond donors (Lipinski definition) is 1. The van der Waals surface area contributed by atoms with Gasteiger partial charge >= 0.3 is 5.97 Å². The first kappa shape index (κ1) is 19.4. The van der Waals surface area contributed by atoms with Crippen LogP contribution in [0.3, 0.4) is 0 Å². The van der Waals surface area contributed by atoms with Crippen molar-refractivity contribution in [3.05, 3.63) is 57.1 Å². The van der Waals surface area contributed by atoms with Crippen molar-refractivity contribution in [3.8, 4) is 11.5 Å². The summed E-state index contributed by atoms with van der Waals surface area (Å²) in [6, 6.07) is 8.24. The number of carbonyl (C=O) groups excluding carboxylic acids is 2. The third-order valence-corrected chi connectivity index (χ3v) is 4.16. The van der Waals surface area contributed by atoms with E-state index in [1.165, 1.54) is 13.0 Å². The fraction of sp³-hybridized carbons (Fsp3) is 0.222. The Bertz CT molecular complexity index is 948. The fourth-order valence-electron chi connectivity index (χ4n) is 2.43. The first-order chi connectivity index (χ1) is 13.3. The molecule has 0 saturated carbocycles. The number of nitro groups is 1. The largest absolute Gasteiger partial charge is 0.486 e. The van der Waals surface area contributed by atoms with Crippen molar-refractivity contribution < 1.29 is 28.7 Å². The number of anilines is 1. The first-order valence-electron chi connectivity index (χ1n) is 8.20. The Morgan fingerprint density at radius 3 is 2.57 bits per heavy atom. The normalized spacial score (nSPS) is 13.4. The van der Waals surface area contributed by atoms with E-state index in [-0.39, 0.29) is 16.3 Å². The molecule has 0 spiro atoms. The molecule has 1 heterocycles. The lowest BCUT2D eigenvalue weighted by Gasteiger charge is -2.19. The van der Waals surface area contributed by atoms with E-state index in [9.17, 15) is 19.7 Å². The monoisotopic (exact) mass is 406 g/mol. The van der Waals surface area contributed by atoms with Gasteiger partial charge < -0.3 is 19.5 Å². The van der Waals surface area contributed by atoms with Gasteiger partial charge in [0.1, 0.15) is 13.2 Å². The molecule has 9 nitrogen and oxygen atoms in total. The maximum Gasteiger partial charge on any atom is 0.340 e. The van der Waals surface area contributed by atoms with Crippen molar-refractivity contribution in [1.29, 1.82) is 0 Å². The Labute approximate surface area is 164 Å². The van der Waals surface area contributed by atoms with Crippen molar-refractivity contribution in [3.63, 3.8) is 0 Å². The van der Waals surface area contributed by atoms with Crippen molar-refractivity contribution in [2.45, 2.75) is 13.0 Å². The van der Waals surface area contributed by atoms with Crippen LogP contribution in [-0.4, -0.2) is 36.1 Å². The molecule has 0 saturated heterocycles. The second-order valence-corrected chi connectivity index (χ2v) is 6.22. The molecule has 1 aliphatic rings. The van der Waals surface area contributed by atoms with Gasteiger partial charge in [-0.15, -0.1) is 0 Å². The number of fused-ring (bicyclic) bond motifs is 1. The van der Waals surface area contributed by atoms with Gasteiger partial charge in [0.15, 0.2) is 17.6 Å². The summed E-state index contributed by atoms with van der Waals surface area (Å²) in [5, 5.41) is 13.2. The van der Waals surface area contributed by atoms with Crippen LogP contribution in [0.15, 0.2) is 36.4 Å². The van der Waals surface area contributed by atoms with Crippen LogP contribution in [0.25, 0.3) is 0 Å². The summed E-state index contributed by atoms with van der Waals surface area (Å²) in [6.45, 7) is 2.26. The lowest BCUT2D eigenvalue weighted by Crippen LogP contribution is -2.30. The Kier molecular flexibility index (Phi) is 5.65. The topological polar surface area (TPSA) is 117 Å². The molecule has 2 aromatic carbocycles. The zero-order valence-corrected chi connectivity index (χ0v) is 15.4. The van der Waals surface area contributed by atoms with E-state index in [1.807, 2.05) is 0 Å². The minimum absolute atomic E-state index is 0.0775. The number of amides is 1. The molecule has 0 bridgehead atoms. The van der Waals surface area contributed by atoms with E-state index in [2.05, 4.69) is 5.32 Å². The third kappa shape index (κ3) is 4.32. The minimum atomic E-state index is -1.13. The zero-order valence-electron chi connectivity index (χ0n) is 14.6. The van der Waals surface area contributed by atoms with E-state index >= 15 is 0 Å². The van der Waals surface area contributed by atoms with Crippen LogP contribution >= 0.6 is 11.6 Å². The van der Waals surface area contributed by atoms with Crippen molar-refractivity contribution >= 4 is 34.9 Å². The Balaban J connectivity index is 1.64. The maximum absolute atomic E-state index is 12.3. The number of nitrogens with zero attached hydrogens (tertiary/aromatic N) is 1. The highest BCUT2D eigenvalue weighted by Gasteiger charge is 2.22. The molecule has 0 fully saturated rings. The molecular formula is C18H15ClN2O7. The predicted molar refractivity (Wildman–Crippen MR) is 99.0 cm³/mol. The number of benzene rings is 2. The van der Waals surface area contributed by atoms with Crippen LogP contribution in [0.2, 0.25) is 5.02 Å². The molecule has 0 radical (unpaired) electrons. The van der Waals surface area contributed by atoms with E-state index in [4.69, 9.17) is 25.8 Å². The molecule has 1 aliphatic heterocycles. The average molecular weight is 407 g/mol. The number of ether oxygens (including phenoxy) is 3. The highest BCUT2D eigenvalue weighted by molar-refractivity contribution is 6.33. The number of hydrogen-bond acceptors (Lipinski definition) is 7. The summed E-state index contributed by atoms with van der Waals surface area (Å²) in [5.74, 6) is -0.351. The van der Waals surface area contributed by atoms with Gasteiger partial charge in [-0.3, -0.25) is 14.9 Å². The number of rotatable bonds is 5. The Morgan fingerprint density at radius 2 is 1.89 bits per heavy atom. The number of halogens is 1. The fourth-order valence-corrected chi connectivity index (χ4v) is 2.68. The summed E-state index contributed by atoms with van der Waals surface area (Å²) in [6.07, 6.45) is -1.13. The van der Waals surface area contributed by atoms with Crippen LogP contribution in [0.1, 0.15) is 17.3 Å². The van der Waals surface area contributed by atoms with Gasteiger partial charge in [0.05, 0.1) is 15.5 Å². The molecule has 1 atom stereocenters. The van der Waals surface area contributed by atoms with Crippen molar-refractivity contribution in [1.82, 2.24) is 0 Å². The molecule has 146 valence electrons. The predicted octanol–water partition coefficient (Wildman–Crippen LogP) is 3.20. The summed E-state index contributed by atoms with van der Waals surface area (Å²) < 4.78 is 16.0. The number of non-ortho nitro benzene ring substituents is 1. The lowest BCUT2D eigenvalue weighted by atomic mass is 10.2. The number of nitrogens with one attached hydrogen (secondary N) is 1. The lowest BCUT2D eigenvalue weighted by molar-refractivity contribution is -0.384. The molecule has 0 aliphatic carbocycles. The van der Waals surface area contributed by atoms with Crippen molar-refractivity contribution in [2.24, 2.45) is 0 Å². The van der Waals surface area contributed by atoms with Gasteiger partial charge in [-0.25, -0.2) is 4.79 Å². The van der Waals surface area contributed by atoms with Gasteiger partial charge in [-0.2, -0.15) is 0 Å². The second kappa shape index (κ2) is 8.13. The van der Waals surface area contributed by atoms with Gasteiger partial charge in [0, 0.05) is 23.9 Å². The summed E-state index contributed by atoms with van der Waals surface area (Å²) >= 11 is 5.90. The molecule has 0 aromatic heterocycles. The standard InChI is InChI=1S/C18H15ClN2O7/c1-10(28-18(23)13-4-3-12(21(24)25)9-14(13)19)17(22)20-11-2-5-15-16(8-11)27-7-6-26-15/h2-5,8-10H,6-7H2,1H3,(H,20,22)/t10-/m0/s1. The number of nitro benzene ring substituents is 1. The third-order valence-electron chi connectivity index (χ3n) is 3.85. The van der Waals surface area contributed by atoms with Gasteiger partial charge in [0.2, 0.25) is 0 Å². The van der Waals surface area contributed by atoms with Gasteiger partial charge in [0.25, 0.3) is 11.6 Å². The van der Waals surface area contributed by atoms with E-state index in [0.29, 0.717) is 30.4 Å². The van der Waals surface area contributed by atoms with Crippen LogP contribution in [0, 0.1) is 10.1 Å². The quantitative estimate of drug-likeness (QED) is 0.460. The van der Waals surface area contributed by atoms with Crippen LogP contribution in [0.4, 0.5) is 11.4 Å². The zero-order chi connectivity index (χ0) is 20.3. The Hall–Kier alpha value is -3.33. The smallest absolute Gasteiger partial charge is 0.340 e. The average Bonchev–Trinajstić information content (AvgIpc) is 2.67. The minimum Gasteiger partial charge on any atom is -0.486 e. The SMILES string of the molecule is C[C@H](OC(=O)c1ccc([N+](=O)[O-])cc1Cl)C(=O)Nc1ccc2c(c1)OCCO2. The molecule has 28 heavy (non-hydrogen) atoms. The highest BCUT2D eigenvalue weighted by atomic mass is 35.5. The van der Waals surface area contributed by atoms with Gasteiger partial charge in [-0.05, 0) is 25.1 Å². The summed E-state index contributed by atoms with van der Waals surface area (Å²) in [7, 11) is 0. The number of carbonyl (C=O) groups is 2. The first-order valence-corrected chi connectivity index (χ1v) is 8.58. The molecule has 0 unspecified atom stereocenters. The molecule has 3 rings (SSSR count). The highest BCUT2D eigenvalue weighted by Crippen LogP contribution is 2.32. The van der Waals surface area contributed by atoms with E-state index in [0.717, 1.165) is 12.1 Å². The summed E-state index contributed by atoms with van der Waals surface area (Å²) in [5.41, 5.74) is 0.114. The molecule has 2 aromatic rings. The van der Waals surface area contributed by atoms with Crippen LogP contribution < -0.4 is 14.8 Å². The van der Waals surface area contributed by atoms with E-state index < -0.39 is 22.9 Å². The van der Waals surface area contributed by atoms with Crippen LogP contribution in [0.5, 0.6) is 11.5 Å². The molecule has 1 amide bonds. The molecule has 1 N–H and O–H groups in total. The molecular weight excluding hydrogens is 392 g/mol. The number of esters is 1. The van der Waals surface area contributed by atoms with E-state index in [1.54, 1.807) is 18.2 Å².